The number of nitrogens with one attached hydrogen (secondary N) is 3. The number of aromatic nitrogens is 2. The molecule has 0 saturated heterocycles. The number of aryl methyl sites for hydroxylation is 1. The van der Waals surface area contributed by atoms with Gasteiger partial charge in [-0.15, -0.1) is 0 Å². The van der Waals surface area contributed by atoms with Crippen LogP contribution in [0.4, 0.5) is 11.6 Å². The van der Waals surface area contributed by atoms with Gasteiger partial charge >= 0.3 is 0 Å². The molecule has 0 atom stereocenters. The van der Waals surface area contributed by atoms with Gasteiger partial charge in [-0.3, -0.25) is 0 Å². The molecule has 21 heavy (non-hydrogen) atoms. The summed E-state index contributed by atoms with van der Waals surface area (Å²) in [4.78, 5) is 8.73. The maximum Gasteiger partial charge on any atom is 0.213 e. The molecule has 1 aromatic rings. The first kappa shape index (κ1) is 17.6. The molecule has 0 fully saturated rings. The first-order valence-corrected chi connectivity index (χ1v) is 8.99. The molecule has 120 valence electrons. The topological polar surface area (TPSA) is 96.0 Å². The standard InChI is InChI=1S/C13H25N5O2S/c1-4-7-14-12-10-13(18-11(5-2)17-12)15-8-9-21(19,20)16-6-3/h10,16H,4-9H2,1-3H3,(H2,14,15,17,18). The molecule has 0 saturated carbocycles. The van der Waals surface area contributed by atoms with E-state index < -0.39 is 10.0 Å². The van der Waals surface area contributed by atoms with Crippen LogP contribution in [0.1, 0.15) is 33.0 Å². The predicted molar refractivity (Wildman–Crippen MR) is 86.1 cm³/mol. The summed E-state index contributed by atoms with van der Waals surface area (Å²) >= 11 is 0. The average molecular weight is 315 g/mol. The zero-order valence-corrected chi connectivity index (χ0v) is 13.8. The molecular weight excluding hydrogens is 290 g/mol. The second kappa shape index (κ2) is 8.78. The molecule has 3 N–H and O–H groups in total. The second-order valence-electron chi connectivity index (χ2n) is 4.58. The summed E-state index contributed by atoms with van der Waals surface area (Å²) in [5.74, 6) is 2.16. The number of nitrogens with zero attached hydrogens (tertiary/aromatic N) is 2. The highest BCUT2D eigenvalue weighted by Crippen LogP contribution is 2.11. The third-order valence-corrected chi connectivity index (χ3v) is 4.16. The molecule has 0 unspecified atom stereocenters. The Morgan fingerprint density at radius 3 is 2.19 bits per heavy atom. The quantitative estimate of drug-likeness (QED) is 0.600. The molecule has 0 aliphatic carbocycles. The van der Waals surface area contributed by atoms with Crippen LogP contribution in [0.2, 0.25) is 0 Å². The second-order valence-corrected chi connectivity index (χ2v) is 6.50. The van der Waals surface area contributed by atoms with E-state index in [2.05, 4.69) is 32.2 Å². The Morgan fingerprint density at radius 2 is 1.67 bits per heavy atom. The van der Waals surface area contributed by atoms with E-state index in [0.717, 1.165) is 31.0 Å². The van der Waals surface area contributed by atoms with Crippen molar-refractivity contribution in [3.05, 3.63) is 11.9 Å². The number of hydrogen-bond acceptors (Lipinski definition) is 6. The summed E-state index contributed by atoms with van der Waals surface area (Å²) in [5.41, 5.74) is 0. The monoisotopic (exact) mass is 315 g/mol. The number of anilines is 2. The summed E-state index contributed by atoms with van der Waals surface area (Å²) in [5, 5.41) is 6.26. The average Bonchev–Trinajstić information content (AvgIpc) is 2.44. The van der Waals surface area contributed by atoms with Crippen molar-refractivity contribution in [1.82, 2.24) is 14.7 Å². The maximum absolute atomic E-state index is 11.6. The van der Waals surface area contributed by atoms with Crippen LogP contribution in [0.5, 0.6) is 0 Å². The normalized spacial score (nSPS) is 11.4. The van der Waals surface area contributed by atoms with E-state index in [4.69, 9.17) is 0 Å². The molecule has 0 radical (unpaired) electrons. The molecule has 0 aromatic carbocycles. The summed E-state index contributed by atoms with van der Waals surface area (Å²) in [6.45, 7) is 7.38. The Hall–Kier alpha value is -1.41. The molecule has 1 aromatic heterocycles. The summed E-state index contributed by atoms with van der Waals surface area (Å²) < 4.78 is 25.6. The van der Waals surface area contributed by atoms with Crippen LogP contribution in [0.25, 0.3) is 0 Å². The molecule has 1 rings (SSSR count). The Morgan fingerprint density at radius 1 is 1.05 bits per heavy atom. The largest absolute Gasteiger partial charge is 0.370 e. The lowest BCUT2D eigenvalue weighted by Crippen LogP contribution is -2.29. The van der Waals surface area contributed by atoms with Crippen LogP contribution in [-0.4, -0.2) is 43.8 Å². The van der Waals surface area contributed by atoms with Crippen molar-refractivity contribution in [3.8, 4) is 0 Å². The van der Waals surface area contributed by atoms with Crippen molar-refractivity contribution in [2.45, 2.75) is 33.6 Å². The molecule has 8 heteroatoms. The van der Waals surface area contributed by atoms with E-state index in [1.807, 2.05) is 6.92 Å². The lowest BCUT2D eigenvalue weighted by molar-refractivity contribution is 0.584. The van der Waals surface area contributed by atoms with Gasteiger partial charge in [0.2, 0.25) is 10.0 Å². The van der Waals surface area contributed by atoms with Gasteiger partial charge < -0.3 is 10.6 Å². The van der Waals surface area contributed by atoms with Gasteiger partial charge in [0.25, 0.3) is 0 Å². The lowest BCUT2D eigenvalue weighted by atomic mass is 10.4. The van der Waals surface area contributed by atoms with Gasteiger partial charge in [0.15, 0.2) is 0 Å². The van der Waals surface area contributed by atoms with E-state index in [0.29, 0.717) is 18.9 Å². The number of rotatable bonds is 10. The van der Waals surface area contributed by atoms with E-state index in [1.165, 1.54) is 0 Å². The Labute approximate surface area is 127 Å². The molecule has 0 aliphatic heterocycles. The fraction of sp³-hybridized carbons (Fsp3) is 0.692. The van der Waals surface area contributed by atoms with Gasteiger partial charge in [-0.1, -0.05) is 20.8 Å². The predicted octanol–water partition coefficient (Wildman–Crippen LogP) is 1.21. The van der Waals surface area contributed by atoms with Crippen LogP contribution in [0.3, 0.4) is 0 Å². The maximum atomic E-state index is 11.6. The third kappa shape index (κ3) is 6.72. The van der Waals surface area contributed by atoms with Crippen LogP contribution in [0, 0.1) is 0 Å². The SMILES string of the molecule is CCCNc1cc(NCCS(=O)(=O)NCC)nc(CC)n1. The minimum atomic E-state index is -3.21. The number of hydrogen-bond donors (Lipinski definition) is 3. The van der Waals surface area contributed by atoms with Crippen LogP contribution in [-0.2, 0) is 16.4 Å². The fourth-order valence-electron chi connectivity index (χ4n) is 1.69. The molecule has 0 bridgehead atoms. The zero-order chi connectivity index (χ0) is 15.7. The van der Waals surface area contributed by atoms with Gasteiger partial charge in [-0.05, 0) is 6.42 Å². The van der Waals surface area contributed by atoms with Gasteiger partial charge in [0.1, 0.15) is 17.5 Å². The Kier molecular flexibility index (Phi) is 7.38. The Bertz CT molecular complexity index is 533. The highest BCUT2D eigenvalue weighted by Gasteiger charge is 2.08. The minimum Gasteiger partial charge on any atom is -0.370 e. The minimum absolute atomic E-state index is 0.0179. The van der Waals surface area contributed by atoms with E-state index in [-0.39, 0.29) is 5.75 Å². The van der Waals surface area contributed by atoms with Crippen molar-refractivity contribution < 1.29 is 8.42 Å². The van der Waals surface area contributed by atoms with E-state index in [1.54, 1.807) is 13.0 Å². The van der Waals surface area contributed by atoms with Crippen molar-refractivity contribution in [3.63, 3.8) is 0 Å². The van der Waals surface area contributed by atoms with Gasteiger partial charge in [-0.2, -0.15) is 0 Å². The first-order chi connectivity index (χ1) is 10.0. The summed E-state index contributed by atoms with van der Waals surface area (Å²) in [7, 11) is -3.21. The van der Waals surface area contributed by atoms with E-state index >= 15 is 0 Å². The molecular formula is C13H25N5O2S. The lowest BCUT2D eigenvalue weighted by Gasteiger charge is -2.10. The molecule has 0 amide bonds. The molecule has 0 aliphatic rings. The smallest absolute Gasteiger partial charge is 0.213 e. The number of sulfonamides is 1. The molecule has 0 spiro atoms. The molecule has 1 heterocycles. The van der Waals surface area contributed by atoms with Gasteiger partial charge in [0.05, 0.1) is 5.75 Å². The Balaban J connectivity index is 2.65. The zero-order valence-electron chi connectivity index (χ0n) is 12.9. The molecule has 7 nitrogen and oxygen atoms in total. The van der Waals surface area contributed by atoms with Crippen molar-refractivity contribution in [1.29, 1.82) is 0 Å². The highest BCUT2D eigenvalue weighted by molar-refractivity contribution is 7.89. The van der Waals surface area contributed by atoms with Crippen molar-refractivity contribution >= 4 is 21.7 Å². The van der Waals surface area contributed by atoms with Crippen molar-refractivity contribution in [2.75, 3.05) is 36.0 Å². The highest BCUT2D eigenvalue weighted by atomic mass is 32.2. The summed E-state index contributed by atoms with van der Waals surface area (Å²) in [6.07, 6.45) is 1.74. The van der Waals surface area contributed by atoms with Crippen molar-refractivity contribution in [2.24, 2.45) is 0 Å². The summed E-state index contributed by atoms with van der Waals surface area (Å²) in [6, 6.07) is 1.80. The van der Waals surface area contributed by atoms with Crippen LogP contribution < -0.4 is 15.4 Å². The third-order valence-electron chi connectivity index (χ3n) is 2.69. The van der Waals surface area contributed by atoms with Gasteiger partial charge in [-0.25, -0.2) is 23.1 Å². The first-order valence-electron chi connectivity index (χ1n) is 7.33. The fourth-order valence-corrected chi connectivity index (χ4v) is 2.65. The van der Waals surface area contributed by atoms with E-state index in [9.17, 15) is 8.42 Å². The van der Waals surface area contributed by atoms with Crippen LogP contribution >= 0.6 is 0 Å². The van der Waals surface area contributed by atoms with Crippen LogP contribution in [0.15, 0.2) is 6.07 Å². The van der Waals surface area contributed by atoms with Gasteiger partial charge in [0, 0.05) is 32.1 Å².